The van der Waals surface area contributed by atoms with Crippen LogP contribution in [-0.4, -0.2) is 72.5 Å². The molecule has 0 aliphatic carbocycles. The second-order valence-corrected chi connectivity index (χ2v) is 12.0. The van der Waals surface area contributed by atoms with Gasteiger partial charge in [-0.25, -0.2) is 9.97 Å². The topological polar surface area (TPSA) is 99.1 Å². The molecule has 0 bridgehead atoms. The molecule has 10 heteroatoms. The van der Waals surface area contributed by atoms with Gasteiger partial charge in [-0.15, -0.1) is 0 Å². The van der Waals surface area contributed by atoms with Gasteiger partial charge in [-0.2, -0.15) is 4.98 Å². The number of ether oxygens (including phenoxy) is 4. The SMILES string of the molecule is CCOc1cc(C(O)(CCN(C)C)C(c2cc(C)nc(OC)c2)c2cc3cc(Br)ccc3nc2OC)cc(OC(C)C)n1. The van der Waals surface area contributed by atoms with Crippen molar-refractivity contribution in [1.82, 2.24) is 19.9 Å². The van der Waals surface area contributed by atoms with Crippen LogP contribution in [0.5, 0.6) is 23.5 Å². The van der Waals surface area contributed by atoms with Crippen LogP contribution in [0.3, 0.4) is 0 Å². The van der Waals surface area contributed by atoms with Crippen molar-refractivity contribution in [3.63, 3.8) is 0 Å². The van der Waals surface area contributed by atoms with E-state index in [4.69, 9.17) is 23.9 Å². The number of halogens is 1. The molecule has 0 aliphatic rings. The fourth-order valence-corrected chi connectivity index (χ4v) is 5.65. The van der Waals surface area contributed by atoms with Crippen molar-refractivity contribution in [2.75, 3.05) is 41.5 Å². The summed E-state index contributed by atoms with van der Waals surface area (Å²) in [7, 11) is 7.15. The highest BCUT2D eigenvalue weighted by Crippen LogP contribution is 2.49. The van der Waals surface area contributed by atoms with Crippen molar-refractivity contribution in [1.29, 1.82) is 0 Å². The van der Waals surface area contributed by atoms with Crippen LogP contribution < -0.4 is 18.9 Å². The molecule has 1 aromatic carbocycles. The summed E-state index contributed by atoms with van der Waals surface area (Å²) in [5.41, 5.74) is 2.11. The summed E-state index contributed by atoms with van der Waals surface area (Å²) in [6.07, 6.45) is 0.225. The number of aryl methyl sites for hydroxylation is 1. The van der Waals surface area contributed by atoms with Crippen LogP contribution in [0.4, 0.5) is 0 Å². The predicted molar refractivity (Wildman–Crippen MR) is 172 cm³/mol. The fraction of sp³-hybridized carbons (Fsp3) is 0.424. The van der Waals surface area contributed by atoms with Crippen LogP contribution in [0.25, 0.3) is 10.9 Å². The summed E-state index contributed by atoms with van der Waals surface area (Å²) in [5, 5.41) is 14.1. The summed E-state index contributed by atoms with van der Waals surface area (Å²) in [6, 6.07) is 15.3. The molecule has 9 nitrogen and oxygen atoms in total. The highest BCUT2D eigenvalue weighted by Gasteiger charge is 2.43. The standard InChI is InChI=1S/C33H41BrN4O5/c1-9-42-29-18-24(19-30(37-29)43-20(2)3)33(39,12-13-38(5)6)31(23-14-21(4)35-28(17-23)40-7)26-16-22-15-25(34)10-11-27(22)36-32(26)41-8/h10-11,14-20,31,39H,9,12-13H2,1-8H3. The Morgan fingerprint density at radius 3 is 2.33 bits per heavy atom. The van der Waals surface area contributed by atoms with E-state index < -0.39 is 11.5 Å². The molecule has 0 amide bonds. The summed E-state index contributed by atoms with van der Waals surface area (Å²) in [6.45, 7) is 8.67. The lowest BCUT2D eigenvalue weighted by Gasteiger charge is -2.39. The van der Waals surface area contributed by atoms with E-state index in [9.17, 15) is 5.11 Å². The Bertz CT molecular complexity index is 1560. The molecule has 3 aromatic heterocycles. The van der Waals surface area contributed by atoms with Gasteiger partial charge < -0.3 is 29.0 Å². The third-order valence-corrected chi connectivity index (χ3v) is 7.61. The first kappa shape index (κ1) is 32.4. The Morgan fingerprint density at radius 2 is 1.67 bits per heavy atom. The molecule has 0 fully saturated rings. The minimum Gasteiger partial charge on any atom is -0.481 e. The van der Waals surface area contributed by atoms with Crippen LogP contribution in [0.1, 0.15) is 55.5 Å². The van der Waals surface area contributed by atoms with Gasteiger partial charge in [-0.05, 0) is 89.7 Å². The molecule has 1 N–H and O–H groups in total. The van der Waals surface area contributed by atoms with E-state index in [0.717, 1.165) is 26.6 Å². The fourth-order valence-electron chi connectivity index (χ4n) is 5.27. The summed E-state index contributed by atoms with van der Waals surface area (Å²) >= 11 is 3.60. The Balaban J connectivity index is 2.10. The molecule has 0 spiro atoms. The lowest BCUT2D eigenvalue weighted by Crippen LogP contribution is -2.38. The molecule has 0 aliphatic heterocycles. The first-order valence-corrected chi connectivity index (χ1v) is 15.1. The van der Waals surface area contributed by atoms with Crippen LogP contribution >= 0.6 is 15.9 Å². The highest BCUT2D eigenvalue weighted by atomic mass is 79.9. The van der Waals surface area contributed by atoms with Gasteiger partial charge >= 0.3 is 0 Å². The van der Waals surface area contributed by atoms with Crippen LogP contribution in [0.2, 0.25) is 0 Å². The Hall–Kier alpha value is -3.47. The lowest BCUT2D eigenvalue weighted by atomic mass is 9.71. The number of hydrogen-bond acceptors (Lipinski definition) is 9. The molecule has 43 heavy (non-hydrogen) atoms. The van der Waals surface area contributed by atoms with E-state index >= 15 is 0 Å². The average molecular weight is 654 g/mol. The van der Waals surface area contributed by atoms with Gasteiger partial charge in [0.05, 0.1) is 32.4 Å². The smallest absolute Gasteiger partial charge is 0.217 e. The van der Waals surface area contributed by atoms with Gasteiger partial charge in [-0.3, -0.25) is 0 Å². The third kappa shape index (κ3) is 7.55. The summed E-state index contributed by atoms with van der Waals surface area (Å²) in [4.78, 5) is 16.0. The zero-order valence-corrected chi connectivity index (χ0v) is 27.7. The van der Waals surface area contributed by atoms with Crippen molar-refractivity contribution in [2.24, 2.45) is 0 Å². The molecular formula is C33H41BrN4O5. The van der Waals surface area contributed by atoms with Gasteiger partial charge in [0.1, 0.15) is 5.60 Å². The largest absolute Gasteiger partial charge is 0.481 e. The number of aromatic nitrogens is 3. The van der Waals surface area contributed by atoms with Gasteiger partial charge in [0.2, 0.25) is 23.5 Å². The number of benzene rings is 1. The van der Waals surface area contributed by atoms with Crippen LogP contribution in [-0.2, 0) is 5.60 Å². The van der Waals surface area contributed by atoms with Gasteiger partial charge in [-0.1, -0.05) is 15.9 Å². The number of nitrogens with zero attached hydrogens (tertiary/aromatic N) is 4. The first-order valence-electron chi connectivity index (χ1n) is 14.3. The van der Waals surface area contributed by atoms with E-state index in [0.29, 0.717) is 54.2 Å². The molecule has 0 saturated heterocycles. The molecule has 3 heterocycles. The number of pyridine rings is 3. The maximum absolute atomic E-state index is 13.2. The number of aliphatic hydroxyl groups is 1. The second kappa shape index (κ2) is 13.9. The Kier molecular flexibility index (Phi) is 10.5. The quantitative estimate of drug-likeness (QED) is 0.179. The van der Waals surface area contributed by atoms with Crippen LogP contribution in [0, 0.1) is 6.92 Å². The van der Waals surface area contributed by atoms with Crippen molar-refractivity contribution in [2.45, 2.75) is 51.7 Å². The second-order valence-electron chi connectivity index (χ2n) is 11.1. The number of rotatable bonds is 13. The first-order chi connectivity index (χ1) is 20.5. The molecular weight excluding hydrogens is 612 g/mol. The van der Waals surface area contributed by atoms with E-state index in [2.05, 4.69) is 25.9 Å². The Labute approximate surface area is 262 Å². The van der Waals surface area contributed by atoms with Gasteiger partial charge in [0.15, 0.2) is 0 Å². The average Bonchev–Trinajstić information content (AvgIpc) is 2.95. The zero-order valence-electron chi connectivity index (χ0n) is 26.1. The number of hydrogen-bond donors (Lipinski definition) is 1. The summed E-state index contributed by atoms with van der Waals surface area (Å²) < 4.78 is 24.3. The molecule has 0 saturated carbocycles. The van der Waals surface area contributed by atoms with Gasteiger partial charge in [0, 0.05) is 51.8 Å². The molecule has 0 radical (unpaired) electrons. The number of fused-ring (bicyclic) bond motifs is 1. The Morgan fingerprint density at radius 1 is 0.930 bits per heavy atom. The van der Waals surface area contributed by atoms with Crippen LogP contribution in [0.15, 0.2) is 53.0 Å². The van der Waals surface area contributed by atoms with Crippen molar-refractivity contribution in [3.8, 4) is 23.5 Å². The third-order valence-electron chi connectivity index (χ3n) is 7.11. The maximum atomic E-state index is 13.2. The van der Waals surface area contributed by atoms with E-state index in [1.54, 1.807) is 26.4 Å². The lowest BCUT2D eigenvalue weighted by molar-refractivity contribution is 0.00305. The molecule has 230 valence electrons. The minimum absolute atomic E-state index is 0.127. The maximum Gasteiger partial charge on any atom is 0.217 e. The predicted octanol–water partition coefficient (Wildman–Crippen LogP) is 6.27. The van der Waals surface area contributed by atoms with Crippen molar-refractivity contribution in [3.05, 3.63) is 75.4 Å². The van der Waals surface area contributed by atoms with Crippen molar-refractivity contribution >= 4 is 26.8 Å². The van der Waals surface area contributed by atoms with Crippen molar-refractivity contribution < 1.29 is 24.1 Å². The van der Waals surface area contributed by atoms with E-state index in [-0.39, 0.29) is 6.10 Å². The monoisotopic (exact) mass is 652 g/mol. The normalized spacial score (nSPS) is 13.7. The van der Waals surface area contributed by atoms with E-state index in [1.807, 2.05) is 83.1 Å². The number of methoxy groups -OCH3 is 2. The van der Waals surface area contributed by atoms with E-state index in [1.165, 1.54) is 0 Å². The molecule has 4 aromatic rings. The highest BCUT2D eigenvalue weighted by molar-refractivity contribution is 9.10. The van der Waals surface area contributed by atoms with Gasteiger partial charge in [0.25, 0.3) is 0 Å². The molecule has 2 unspecified atom stereocenters. The minimum atomic E-state index is -1.51. The molecule has 4 rings (SSSR count). The summed E-state index contributed by atoms with van der Waals surface area (Å²) in [5.74, 6) is 0.925. The molecule has 2 atom stereocenters. The zero-order chi connectivity index (χ0) is 31.3.